The molecule has 1 nitrogen and oxygen atoms in total. The maximum absolute atomic E-state index is 9.88. The number of benzene rings is 1. The third-order valence-corrected chi connectivity index (χ3v) is 3.47. The van der Waals surface area contributed by atoms with Gasteiger partial charge in [-0.05, 0) is 18.1 Å². The maximum atomic E-state index is 9.88. The van der Waals surface area contributed by atoms with Gasteiger partial charge in [0.1, 0.15) is 0 Å². The van der Waals surface area contributed by atoms with Crippen LogP contribution in [0.15, 0.2) is 18.2 Å². The zero-order valence-electron chi connectivity index (χ0n) is 9.00. The Morgan fingerprint density at radius 1 is 1.33 bits per heavy atom. The molecule has 0 heterocycles. The first kappa shape index (κ1) is 12.8. The predicted octanol–water partition coefficient (Wildman–Crippen LogP) is 4.26. The number of aliphatic hydroxyl groups is 1. The second-order valence-corrected chi connectivity index (χ2v) is 4.57. The topological polar surface area (TPSA) is 20.2 Å². The summed E-state index contributed by atoms with van der Waals surface area (Å²) in [5.74, 6) is 0.0242. The van der Waals surface area contributed by atoms with Gasteiger partial charge in [0.05, 0.1) is 16.1 Å². The number of halogens is 2. The van der Waals surface area contributed by atoms with Crippen molar-refractivity contribution in [2.45, 2.75) is 38.7 Å². The van der Waals surface area contributed by atoms with Gasteiger partial charge in [-0.2, -0.15) is 0 Å². The highest BCUT2D eigenvalue weighted by Crippen LogP contribution is 2.33. The van der Waals surface area contributed by atoms with E-state index in [1.54, 1.807) is 6.07 Å². The van der Waals surface area contributed by atoms with Crippen LogP contribution in [0.4, 0.5) is 0 Å². The van der Waals surface area contributed by atoms with Crippen LogP contribution in [0.1, 0.15) is 38.2 Å². The highest BCUT2D eigenvalue weighted by atomic mass is 35.5. The van der Waals surface area contributed by atoms with E-state index in [-0.39, 0.29) is 12.0 Å². The summed E-state index contributed by atoms with van der Waals surface area (Å²) < 4.78 is 0. The van der Waals surface area contributed by atoms with E-state index in [0.717, 1.165) is 18.4 Å². The summed E-state index contributed by atoms with van der Waals surface area (Å²) in [4.78, 5) is 0. The van der Waals surface area contributed by atoms with E-state index in [1.165, 1.54) is 0 Å². The van der Waals surface area contributed by atoms with Crippen molar-refractivity contribution in [2.75, 3.05) is 0 Å². The van der Waals surface area contributed by atoms with Crippen molar-refractivity contribution in [2.24, 2.45) is 0 Å². The van der Waals surface area contributed by atoms with E-state index < -0.39 is 0 Å². The SMILES string of the molecule is CCCC(O)C(C)c1cccc(Cl)c1Cl. The quantitative estimate of drug-likeness (QED) is 0.842. The first-order valence-electron chi connectivity index (χ1n) is 5.19. The fourth-order valence-corrected chi connectivity index (χ4v) is 2.11. The van der Waals surface area contributed by atoms with E-state index in [4.69, 9.17) is 23.2 Å². The molecule has 2 unspecified atom stereocenters. The van der Waals surface area contributed by atoms with Crippen LogP contribution >= 0.6 is 23.2 Å². The fourth-order valence-electron chi connectivity index (χ4n) is 1.63. The molecule has 3 heteroatoms. The molecule has 0 aliphatic heterocycles. The monoisotopic (exact) mass is 246 g/mol. The highest BCUT2D eigenvalue weighted by Gasteiger charge is 2.18. The molecular formula is C12H16Cl2O. The summed E-state index contributed by atoms with van der Waals surface area (Å²) in [5.41, 5.74) is 0.921. The number of aliphatic hydroxyl groups excluding tert-OH is 1. The van der Waals surface area contributed by atoms with Gasteiger partial charge >= 0.3 is 0 Å². The summed E-state index contributed by atoms with van der Waals surface area (Å²) >= 11 is 12.0. The number of hydrogen-bond acceptors (Lipinski definition) is 1. The summed E-state index contributed by atoms with van der Waals surface area (Å²) in [7, 11) is 0. The van der Waals surface area contributed by atoms with Crippen LogP contribution in [-0.4, -0.2) is 11.2 Å². The molecule has 0 saturated carbocycles. The number of hydrogen-bond donors (Lipinski definition) is 1. The molecule has 0 aromatic heterocycles. The Bertz CT molecular complexity index is 325. The van der Waals surface area contributed by atoms with Crippen LogP contribution in [-0.2, 0) is 0 Å². The van der Waals surface area contributed by atoms with Crippen molar-refractivity contribution in [3.05, 3.63) is 33.8 Å². The molecule has 2 atom stereocenters. The molecule has 1 rings (SSSR count). The van der Waals surface area contributed by atoms with Gasteiger partial charge in [-0.25, -0.2) is 0 Å². The third-order valence-electron chi connectivity index (χ3n) is 2.63. The summed E-state index contributed by atoms with van der Waals surface area (Å²) in [5, 5.41) is 11.0. The van der Waals surface area contributed by atoms with Crippen LogP contribution < -0.4 is 0 Å². The normalized spacial score (nSPS) is 15.0. The molecule has 0 spiro atoms. The van der Waals surface area contributed by atoms with Crippen LogP contribution in [0.3, 0.4) is 0 Å². The fraction of sp³-hybridized carbons (Fsp3) is 0.500. The first-order valence-corrected chi connectivity index (χ1v) is 5.95. The Balaban J connectivity index is 2.90. The molecule has 0 bridgehead atoms. The lowest BCUT2D eigenvalue weighted by Gasteiger charge is -2.20. The minimum Gasteiger partial charge on any atom is -0.393 e. The van der Waals surface area contributed by atoms with Crippen LogP contribution in [0, 0.1) is 0 Å². The summed E-state index contributed by atoms with van der Waals surface area (Å²) in [6, 6.07) is 5.53. The zero-order chi connectivity index (χ0) is 11.4. The Labute approximate surface area is 101 Å². The van der Waals surface area contributed by atoms with Gasteiger partial charge in [-0.1, -0.05) is 55.6 Å². The molecule has 1 aromatic carbocycles. The van der Waals surface area contributed by atoms with Gasteiger partial charge in [-0.3, -0.25) is 0 Å². The van der Waals surface area contributed by atoms with Crippen molar-refractivity contribution in [3.63, 3.8) is 0 Å². The summed E-state index contributed by atoms with van der Waals surface area (Å²) in [6.07, 6.45) is 1.39. The molecule has 0 fully saturated rings. The smallest absolute Gasteiger partial charge is 0.0627 e. The van der Waals surface area contributed by atoms with Gasteiger partial charge in [0.2, 0.25) is 0 Å². The van der Waals surface area contributed by atoms with Crippen molar-refractivity contribution < 1.29 is 5.11 Å². The molecule has 84 valence electrons. The molecule has 1 N–H and O–H groups in total. The lowest BCUT2D eigenvalue weighted by molar-refractivity contribution is 0.139. The average Bonchev–Trinajstić information content (AvgIpc) is 2.21. The first-order chi connectivity index (χ1) is 7.07. The van der Waals surface area contributed by atoms with Gasteiger partial charge in [0.15, 0.2) is 0 Å². The molecule has 15 heavy (non-hydrogen) atoms. The van der Waals surface area contributed by atoms with E-state index in [2.05, 4.69) is 6.92 Å². The molecular weight excluding hydrogens is 231 g/mol. The lowest BCUT2D eigenvalue weighted by Crippen LogP contribution is -2.15. The average molecular weight is 247 g/mol. The van der Waals surface area contributed by atoms with Crippen molar-refractivity contribution in [1.29, 1.82) is 0 Å². The van der Waals surface area contributed by atoms with Gasteiger partial charge in [-0.15, -0.1) is 0 Å². The Morgan fingerprint density at radius 2 is 2.00 bits per heavy atom. The Morgan fingerprint density at radius 3 is 2.60 bits per heavy atom. The Kier molecular flexibility index (Phi) is 4.91. The van der Waals surface area contributed by atoms with E-state index in [9.17, 15) is 5.11 Å². The maximum Gasteiger partial charge on any atom is 0.0627 e. The molecule has 0 radical (unpaired) electrons. The van der Waals surface area contributed by atoms with Crippen LogP contribution in [0.2, 0.25) is 10.0 Å². The minimum atomic E-state index is -0.356. The molecule has 0 aliphatic rings. The molecule has 0 amide bonds. The standard InChI is InChI=1S/C12H16Cl2O/c1-3-5-11(15)8(2)9-6-4-7-10(13)12(9)14/h4,6-8,11,15H,3,5H2,1-2H3. The third kappa shape index (κ3) is 3.10. The number of rotatable bonds is 4. The van der Waals surface area contributed by atoms with Crippen LogP contribution in [0.25, 0.3) is 0 Å². The second-order valence-electron chi connectivity index (χ2n) is 3.79. The van der Waals surface area contributed by atoms with E-state index in [0.29, 0.717) is 10.0 Å². The lowest BCUT2D eigenvalue weighted by atomic mass is 9.93. The van der Waals surface area contributed by atoms with Crippen molar-refractivity contribution in [3.8, 4) is 0 Å². The largest absolute Gasteiger partial charge is 0.393 e. The zero-order valence-corrected chi connectivity index (χ0v) is 10.5. The van der Waals surface area contributed by atoms with Gasteiger partial charge in [0.25, 0.3) is 0 Å². The van der Waals surface area contributed by atoms with Gasteiger partial charge in [0, 0.05) is 5.92 Å². The van der Waals surface area contributed by atoms with Crippen molar-refractivity contribution in [1.82, 2.24) is 0 Å². The van der Waals surface area contributed by atoms with Crippen LogP contribution in [0.5, 0.6) is 0 Å². The van der Waals surface area contributed by atoms with Crippen molar-refractivity contribution >= 4 is 23.2 Å². The van der Waals surface area contributed by atoms with Gasteiger partial charge < -0.3 is 5.11 Å². The highest BCUT2D eigenvalue weighted by molar-refractivity contribution is 6.42. The summed E-state index contributed by atoms with van der Waals surface area (Å²) in [6.45, 7) is 4.02. The Hall–Kier alpha value is -0.240. The van der Waals surface area contributed by atoms with E-state index in [1.807, 2.05) is 19.1 Å². The molecule has 0 aliphatic carbocycles. The predicted molar refractivity (Wildman–Crippen MR) is 65.8 cm³/mol. The molecule has 0 saturated heterocycles. The second kappa shape index (κ2) is 5.74. The molecule has 1 aromatic rings. The minimum absolute atomic E-state index is 0.0242. The van der Waals surface area contributed by atoms with E-state index >= 15 is 0 Å².